The molecule has 0 unspecified atom stereocenters. The summed E-state index contributed by atoms with van der Waals surface area (Å²) in [7, 11) is 3.65. The van der Waals surface area contributed by atoms with Crippen molar-refractivity contribution >= 4 is 17.2 Å². The summed E-state index contributed by atoms with van der Waals surface area (Å²) in [5.41, 5.74) is 7.62. The molecule has 1 aromatic carbocycles. The number of rotatable bonds is 6. The van der Waals surface area contributed by atoms with Gasteiger partial charge in [-0.15, -0.1) is 0 Å². The first-order chi connectivity index (χ1) is 9.60. The van der Waals surface area contributed by atoms with Crippen LogP contribution in [0, 0.1) is 0 Å². The quantitative estimate of drug-likeness (QED) is 0.829. The minimum absolute atomic E-state index is 0.345. The second-order valence-corrected chi connectivity index (χ2v) is 5.09. The van der Waals surface area contributed by atoms with E-state index >= 15 is 0 Å². The van der Waals surface area contributed by atoms with Gasteiger partial charge >= 0.3 is 0 Å². The van der Waals surface area contributed by atoms with Gasteiger partial charge in [-0.05, 0) is 36.9 Å². The van der Waals surface area contributed by atoms with Crippen molar-refractivity contribution in [1.29, 1.82) is 0 Å². The molecule has 1 heterocycles. The highest BCUT2D eigenvalue weighted by atomic mass is 32.1. The van der Waals surface area contributed by atoms with Crippen molar-refractivity contribution in [3.63, 3.8) is 0 Å². The molecule has 0 aliphatic rings. The summed E-state index contributed by atoms with van der Waals surface area (Å²) in [5, 5.41) is 0. The molecular formula is C15H18N2O2S. The first-order valence-corrected chi connectivity index (χ1v) is 6.68. The molecule has 0 fully saturated rings. The van der Waals surface area contributed by atoms with Gasteiger partial charge in [-0.3, -0.25) is 4.90 Å². The van der Waals surface area contributed by atoms with Crippen LogP contribution in [0.2, 0.25) is 0 Å². The topological polar surface area (TPSA) is 51.6 Å². The van der Waals surface area contributed by atoms with Crippen LogP contribution < -0.4 is 10.5 Å². The van der Waals surface area contributed by atoms with Crippen LogP contribution in [0.5, 0.6) is 5.75 Å². The third kappa shape index (κ3) is 3.59. The Labute approximate surface area is 124 Å². The maximum absolute atomic E-state index is 5.72. The van der Waals surface area contributed by atoms with Crippen LogP contribution in [0.4, 0.5) is 0 Å². The number of benzene rings is 1. The number of methoxy groups -OCH3 is 1. The summed E-state index contributed by atoms with van der Waals surface area (Å²) in [6.45, 7) is 1.53. The number of nitrogens with two attached hydrogens (primary N) is 1. The molecule has 0 saturated heterocycles. The molecule has 5 heteroatoms. The number of nitrogens with zero attached hydrogens (tertiary/aromatic N) is 1. The third-order valence-corrected chi connectivity index (χ3v) is 3.21. The summed E-state index contributed by atoms with van der Waals surface area (Å²) in [5.74, 6) is 1.64. The molecule has 106 valence electrons. The Morgan fingerprint density at radius 2 is 2.15 bits per heavy atom. The summed E-state index contributed by atoms with van der Waals surface area (Å²) in [6.07, 6.45) is 1.68. The second-order valence-electron chi connectivity index (χ2n) is 4.65. The maximum atomic E-state index is 5.72. The summed E-state index contributed by atoms with van der Waals surface area (Å²) in [4.78, 5) is 2.50. The molecule has 0 spiro atoms. The van der Waals surface area contributed by atoms with E-state index in [1.54, 1.807) is 13.4 Å². The predicted octanol–water partition coefficient (Wildman–Crippen LogP) is 2.55. The zero-order valence-corrected chi connectivity index (χ0v) is 12.4. The van der Waals surface area contributed by atoms with E-state index in [0.29, 0.717) is 10.7 Å². The third-order valence-electron chi connectivity index (χ3n) is 2.99. The minimum atomic E-state index is 0.345. The lowest BCUT2D eigenvalue weighted by Gasteiger charge is -2.16. The van der Waals surface area contributed by atoms with E-state index in [-0.39, 0.29) is 0 Å². The number of ether oxygens (including phenoxy) is 1. The molecule has 0 atom stereocenters. The average Bonchev–Trinajstić information content (AvgIpc) is 2.91. The van der Waals surface area contributed by atoms with E-state index in [1.807, 2.05) is 37.4 Å². The molecule has 20 heavy (non-hydrogen) atoms. The molecule has 0 aliphatic heterocycles. The van der Waals surface area contributed by atoms with Gasteiger partial charge in [0.1, 0.15) is 16.5 Å². The first-order valence-electron chi connectivity index (χ1n) is 6.28. The van der Waals surface area contributed by atoms with Crippen molar-refractivity contribution in [2.75, 3.05) is 14.2 Å². The monoisotopic (exact) mass is 290 g/mol. The van der Waals surface area contributed by atoms with E-state index in [0.717, 1.165) is 30.0 Å². The first kappa shape index (κ1) is 14.6. The van der Waals surface area contributed by atoms with Crippen LogP contribution in [0.15, 0.2) is 41.0 Å². The van der Waals surface area contributed by atoms with Gasteiger partial charge in [0.05, 0.1) is 25.5 Å². The number of furan rings is 1. The molecule has 0 radical (unpaired) electrons. The van der Waals surface area contributed by atoms with Crippen LogP contribution in [-0.2, 0) is 13.1 Å². The SMILES string of the molecule is COc1ccc(CN(C)Cc2ccco2)cc1C(N)=S. The molecule has 0 aliphatic carbocycles. The van der Waals surface area contributed by atoms with E-state index in [1.165, 1.54) is 0 Å². The summed E-state index contributed by atoms with van der Waals surface area (Å²) < 4.78 is 10.6. The van der Waals surface area contributed by atoms with E-state index in [2.05, 4.69) is 4.90 Å². The fraction of sp³-hybridized carbons (Fsp3) is 0.267. The van der Waals surface area contributed by atoms with Gasteiger partial charge < -0.3 is 14.9 Å². The van der Waals surface area contributed by atoms with E-state index in [9.17, 15) is 0 Å². The Morgan fingerprint density at radius 1 is 1.35 bits per heavy atom. The number of hydrogen-bond acceptors (Lipinski definition) is 4. The van der Waals surface area contributed by atoms with E-state index in [4.69, 9.17) is 27.1 Å². The van der Waals surface area contributed by atoms with Gasteiger partial charge in [-0.1, -0.05) is 18.3 Å². The molecular weight excluding hydrogens is 272 g/mol. The lowest BCUT2D eigenvalue weighted by Crippen LogP contribution is -2.18. The molecule has 0 bridgehead atoms. The highest BCUT2D eigenvalue weighted by Gasteiger charge is 2.09. The van der Waals surface area contributed by atoms with E-state index < -0.39 is 0 Å². The predicted molar refractivity (Wildman–Crippen MR) is 82.8 cm³/mol. The normalized spacial score (nSPS) is 10.8. The minimum Gasteiger partial charge on any atom is -0.496 e. The molecule has 2 aromatic rings. The number of thiocarbonyl (C=S) groups is 1. The molecule has 0 saturated carbocycles. The van der Waals surface area contributed by atoms with Gasteiger partial charge in [0.25, 0.3) is 0 Å². The van der Waals surface area contributed by atoms with Crippen LogP contribution in [0.25, 0.3) is 0 Å². The number of hydrogen-bond donors (Lipinski definition) is 1. The van der Waals surface area contributed by atoms with Gasteiger partial charge in [0.2, 0.25) is 0 Å². The Morgan fingerprint density at radius 3 is 2.75 bits per heavy atom. The van der Waals surface area contributed by atoms with Crippen molar-refractivity contribution in [2.45, 2.75) is 13.1 Å². The van der Waals surface area contributed by atoms with Crippen molar-refractivity contribution in [2.24, 2.45) is 5.73 Å². The largest absolute Gasteiger partial charge is 0.496 e. The van der Waals surface area contributed by atoms with Gasteiger partial charge in [0.15, 0.2) is 0 Å². The smallest absolute Gasteiger partial charge is 0.129 e. The van der Waals surface area contributed by atoms with Crippen LogP contribution in [0.3, 0.4) is 0 Å². The van der Waals surface area contributed by atoms with Gasteiger partial charge in [-0.25, -0.2) is 0 Å². The molecule has 0 amide bonds. The fourth-order valence-corrected chi connectivity index (χ4v) is 2.24. The average molecular weight is 290 g/mol. The van der Waals surface area contributed by atoms with Crippen molar-refractivity contribution in [3.8, 4) is 5.75 Å². The van der Waals surface area contributed by atoms with Crippen molar-refractivity contribution in [1.82, 2.24) is 4.90 Å². The maximum Gasteiger partial charge on any atom is 0.129 e. The highest BCUT2D eigenvalue weighted by molar-refractivity contribution is 7.80. The molecule has 2 N–H and O–H groups in total. The Bertz CT molecular complexity index is 582. The van der Waals surface area contributed by atoms with Crippen molar-refractivity contribution in [3.05, 3.63) is 53.5 Å². The van der Waals surface area contributed by atoms with Crippen LogP contribution in [-0.4, -0.2) is 24.0 Å². The highest BCUT2D eigenvalue weighted by Crippen LogP contribution is 2.21. The Kier molecular flexibility index (Phi) is 4.76. The van der Waals surface area contributed by atoms with Crippen molar-refractivity contribution < 1.29 is 9.15 Å². The summed E-state index contributed by atoms with van der Waals surface area (Å²) >= 11 is 5.05. The zero-order chi connectivity index (χ0) is 14.5. The van der Waals surface area contributed by atoms with Crippen LogP contribution in [0.1, 0.15) is 16.9 Å². The molecule has 2 rings (SSSR count). The second kappa shape index (κ2) is 6.54. The van der Waals surface area contributed by atoms with Gasteiger partial charge in [-0.2, -0.15) is 0 Å². The molecule has 1 aromatic heterocycles. The lowest BCUT2D eigenvalue weighted by molar-refractivity contribution is 0.287. The lowest BCUT2D eigenvalue weighted by atomic mass is 10.1. The Balaban J connectivity index is 2.09. The molecule has 4 nitrogen and oxygen atoms in total. The zero-order valence-electron chi connectivity index (χ0n) is 11.6. The van der Waals surface area contributed by atoms with Gasteiger partial charge in [0, 0.05) is 6.54 Å². The summed E-state index contributed by atoms with van der Waals surface area (Å²) in [6, 6.07) is 9.73. The standard InChI is InChI=1S/C15H18N2O2S/c1-17(10-12-4-3-7-19-12)9-11-5-6-14(18-2)13(8-11)15(16)20/h3-8H,9-10H2,1-2H3,(H2,16,20). The Hall–Kier alpha value is -1.85. The fourth-order valence-electron chi connectivity index (χ4n) is 2.08. The van der Waals surface area contributed by atoms with Crippen LogP contribution >= 0.6 is 12.2 Å².